The predicted molar refractivity (Wildman–Crippen MR) is 251 cm³/mol. The second-order valence-electron chi connectivity index (χ2n) is 17.5. The van der Waals surface area contributed by atoms with Gasteiger partial charge in [-0.15, -0.1) is 28.9 Å². The van der Waals surface area contributed by atoms with Gasteiger partial charge in [-0.3, -0.25) is 9.55 Å². The molecule has 0 unspecified atom stereocenters. The van der Waals surface area contributed by atoms with Crippen LogP contribution in [0.2, 0.25) is 19.6 Å². The van der Waals surface area contributed by atoms with Crippen LogP contribution >= 0.6 is 0 Å². The summed E-state index contributed by atoms with van der Waals surface area (Å²) in [6.45, 7) is 9.08. The number of halogens is 3. The normalized spacial score (nSPS) is 12.2. The summed E-state index contributed by atoms with van der Waals surface area (Å²) >= 11 is 0. The van der Waals surface area contributed by atoms with Crippen molar-refractivity contribution in [2.45, 2.75) is 45.1 Å². The summed E-state index contributed by atoms with van der Waals surface area (Å²) in [5.41, 5.74) is 5.69. The van der Waals surface area contributed by atoms with Gasteiger partial charge in [0.15, 0.2) is 22.8 Å². The number of rotatable bonds is 8. The molecule has 7 nitrogen and oxygen atoms in total. The van der Waals surface area contributed by atoms with E-state index >= 15 is 0 Å². The third-order valence-electron chi connectivity index (χ3n) is 11.9. The van der Waals surface area contributed by atoms with Crippen molar-refractivity contribution in [3.8, 4) is 67.7 Å². The topological polar surface area (TPSA) is 89.9 Å². The molecule has 6 aromatic carbocycles. The molecule has 0 spiro atoms. The number of imidazole rings is 1. The number of aromatic nitrogens is 5. The number of fused-ring (bicyclic) bond motifs is 4. The number of hydrogen-bond acceptors (Lipinski definition) is 6. The molecule has 0 aliphatic heterocycles. The van der Waals surface area contributed by atoms with Crippen LogP contribution in [-0.2, 0) is 26.5 Å². The van der Waals surface area contributed by atoms with Gasteiger partial charge in [0, 0.05) is 49.6 Å². The van der Waals surface area contributed by atoms with Crippen LogP contribution in [0.3, 0.4) is 0 Å². The van der Waals surface area contributed by atoms with Crippen LogP contribution in [0.4, 0.5) is 13.2 Å². The fourth-order valence-electron chi connectivity index (χ4n) is 8.18. The molecule has 326 valence electrons. The molecule has 0 aliphatic rings. The zero-order valence-corrected chi connectivity index (χ0v) is 39.2. The second kappa shape index (κ2) is 16.4. The zero-order valence-electron chi connectivity index (χ0n) is 36.0. The van der Waals surface area contributed by atoms with Gasteiger partial charge in [0.25, 0.3) is 0 Å². The number of pyridine rings is 1. The maximum Gasteiger partial charge on any atom is 0.399 e. The maximum absolute atomic E-state index is 14.9. The molecule has 0 atom stereocenters. The molecule has 0 bridgehead atoms. The molecule has 0 fully saturated rings. The first-order chi connectivity index (χ1) is 30.7. The Hall–Kier alpha value is -6.68. The van der Waals surface area contributed by atoms with Gasteiger partial charge in [0.1, 0.15) is 27.9 Å². The Morgan fingerprint density at radius 2 is 1.32 bits per heavy atom. The molecule has 0 saturated carbocycles. The Morgan fingerprint density at radius 3 is 2.00 bits per heavy atom. The Bertz CT molecular complexity index is 3400. The van der Waals surface area contributed by atoms with Gasteiger partial charge in [-0.2, -0.15) is 13.2 Å². The van der Waals surface area contributed by atoms with Crippen molar-refractivity contribution in [2.75, 3.05) is 0 Å². The summed E-state index contributed by atoms with van der Waals surface area (Å²) < 4.78 is 53.2. The van der Waals surface area contributed by atoms with Crippen LogP contribution in [0.5, 0.6) is 5.75 Å². The monoisotopic (exact) mass is 1060 g/mol. The minimum atomic E-state index is -4.69. The van der Waals surface area contributed by atoms with Gasteiger partial charge < -0.3 is 9.52 Å². The molecule has 0 saturated heterocycles. The fourth-order valence-corrected chi connectivity index (χ4v) is 9.34. The van der Waals surface area contributed by atoms with Crippen molar-refractivity contribution in [1.29, 1.82) is 0 Å². The van der Waals surface area contributed by atoms with Crippen molar-refractivity contribution < 1.29 is 43.8 Å². The zero-order chi connectivity index (χ0) is 44.5. The summed E-state index contributed by atoms with van der Waals surface area (Å²) in [7, 11) is -1.93. The number of phenolic OH excluding ortho intramolecular Hbond substituents is 1. The quantitative estimate of drug-likeness (QED) is 0.120. The Balaban J connectivity index is 0.00000533. The number of furan rings is 1. The van der Waals surface area contributed by atoms with Gasteiger partial charge in [-0.25, -0.2) is 15.0 Å². The third-order valence-corrected chi connectivity index (χ3v) is 13.9. The van der Waals surface area contributed by atoms with Gasteiger partial charge in [-0.1, -0.05) is 128 Å². The number of aromatic hydroxyl groups is 1. The molecule has 0 amide bonds. The van der Waals surface area contributed by atoms with Crippen molar-refractivity contribution in [2.24, 2.45) is 0 Å². The van der Waals surface area contributed by atoms with Crippen molar-refractivity contribution in [1.82, 2.24) is 24.5 Å². The summed E-state index contributed by atoms with van der Waals surface area (Å²) in [5, 5.41) is 13.5. The molecule has 10 aromatic rings. The number of hydrogen-bond donors (Lipinski definition) is 1. The maximum atomic E-state index is 14.9. The summed E-state index contributed by atoms with van der Waals surface area (Å²) in [4.78, 5) is 19.5. The average Bonchev–Trinajstić information content (AvgIpc) is 3.87. The average molecular weight is 1060 g/mol. The first-order valence-electron chi connectivity index (χ1n) is 20.9. The summed E-state index contributed by atoms with van der Waals surface area (Å²) in [5.74, 6) is 0.270. The van der Waals surface area contributed by atoms with E-state index in [0.29, 0.717) is 22.3 Å². The van der Waals surface area contributed by atoms with E-state index in [-0.39, 0.29) is 60.6 Å². The third kappa shape index (κ3) is 7.66. The van der Waals surface area contributed by atoms with E-state index in [9.17, 15) is 18.3 Å². The number of para-hydroxylation sites is 2. The van der Waals surface area contributed by atoms with Crippen LogP contribution in [0.25, 0.3) is 95.1 Å². The van der Waals surface area contributed by atoms with Gasteiger partial charge in [-0.05, 0) is 61.4 Å². The summed E-state index contributed by atoms with van der Waals surface area (Å²) in [6, 6.07) is 50.0. The van der Waals surface area contributed by atoms with E-state index < -0.39 is 19.7 Å². The minimum absolute atomic E-state index is 0. The molecule has 10 rings (SSSR count). The van der Waals surface area contributed by atoms with Crippen LogP contribution in [0.15, 0.2) is 156 Å². The van der Waals surface area contributed by atoms with E-state index in [1.54, 1.807) is 30.3 Å². The Labute approximate surface area is 389 Å². The molecular formula is C53H41F3N5O2PtSi-. The van der Waals surface area contributed by atoms with E-state index in [2.05, 4.69) is 61.0 Å². The van der Waals surface area contributed by atoms with Crippen LogP contribution in [-0.4, -0.2) is 43.9 Å². The van der Waals surface area contributed by atoms with Crippen molar-refractivity contribution in [3.63, 3.8) is 0 Å². The molecule has 65 heavy (non-hydrogen) atoms. The molecule has 1 N–H and O–H groups in total. The largest absolute Gasteiger partial charge is 0.507 e. The van der Waals surface area contributed by atoms with E-state index in [4.69, 9.17) is 19.4 Å². The Kier molecular flexibility index (Phi) is 11.0. The SMILES string of the molecule is CC(C)(c1nc(-c2ccccc2)nc2c1oc1c(-c3nc4c(-c5[c-]c(-c6cc(-c7ccccc7)ccn6)cc([Si](C)(C)C)c5)cccc4n3-c3ccccc3)c(O)ccc12)C(F)(F)F.[Pt]. The predicted octanol–water partition coefficient (Wildman–Crippen LogP) is 13.3. The van der Waals surface area contributed by atoms with E-state index in [1.807, 2.05) is 89.6 Å². The molecule has 4 aromatic heterocycles. The van der Waals surface area contributed by atoms with Crippen LogP contribution in [0, 0.1) is 6.07 Å². The summed E-state index contributed by atoms with van der Waals surface area (Å²) in [6.07, 6.45) is -2.86. The molecular weight excluding hydrogens is 1020 g/mol. The van der Waals surface area contributed by atoms with E-state index in [1.165, 1.54) is 11.3 Å². The fraction of sp³-hybridized carbons (Fsp3) is 0.132. The van der Waals surface area contributed by atoms with Gasteiger partial charge in [0.05, 0.1) is 19.1 Å². The van der Waals surface area contributed by atoms with Crippen LogP contribution < -0.4 is 5.19 Å². The first kappa shape index (κ1) is 43.6. The Morgan fingerprint density at radius 1 is 0.662 bits per heavy atom. The van der Waals surface area contributed by atoms with Crippen molar-refractivity contribution in [3.05, 3.63) is 164 Å². The second-order valence-corrected chi connectivity index (χ2v) is 22.6. The molecule has 4 heterocycles. The number of benzene rings is 6. The van der Waals surface area contributed by atoms with Crippen molar-refractivity contribution >= 4 is 46.4 Å². The van der Waals surface area contributed by atoms with Gasteiger partial charge in [0.2, 0.25) is 0 Å². The number of phenols is 1. The van der Waals surface area contributed by atoms with Crippen LogP contribution in [0.1, 0.15) is 19.5 Å². The van der Waals surface area contributed by atoms with E-state index in [0.717, 1.165) is 58.6 Å². The first-order valence-corrected chi connectivity index (χ1v) is 24.4. The standard InChI is InChI=1S/C53H41F3N5O2Si.Pt/c1-52(2,53(54,55)56)49-48-46(58-50(60-49)33-18-11-7-12-19-33)40-24-25-43(62)44(47(40)63-48)51-59-45-39(22-15-23-42(45)61(51)37-20-13-8-14-21-37)35-28-36(30-38(29-35)64(3,4)5)41-31-34(26-27-57-41)32-16-9-6-10-17-32;/h6-27,29-31,62H,1-5H3;/q-1;. The molecule has 12 heteroatoms. The minimum Gasteiger partial charge on any atom is -0.507 e. The number of nitrogens with zero attached hydrogens (tertiary/aromatic N) is 5. The molecule has 0 radical (unpaired) electrons. The molecule has 0 aliphatic carbocycles. The smallest absolute Gasteiger partial charge is 0.399 e. The van der Waals surface area contributed by atoms with Gasteiger partial charge >= 0.3 is 6.18 Å². The number of alkyl halides is 3.